The number of benzene rings is 1. The zero-order valence-electron chi connectivity index (χ0n) is 13.2. The fraction of sp³-hybridized carbons (Fsp3) is 0.235. The molecule has 3 rings (SSSR count). The molecule has 0 unspecified atom stereocenters. The van der Waals surface area contributed by atoms with E-state index in [1.54, 1.807) is 24.4 Å². The van der Waals surface area contributed by atoms with E-state index in [0.29, 0.717) is 22.3 Å². The van der Waals surface area contributed by atoms with Gasteiger partial charge in [-0.1, -0.05) is 22.0 Å². The topological polar surface area (TPSA) is 74.4 Å². The number of nitrogens with zero attached hydrogens (tertiary/aromatic N) is 2. The molecular weight excluding hydrogens is 376 g/mol. The molecule has 24 heavy (non-hydrogen) atoms. The molecule has 1 aliphatic heterocycles. The standard InChI is InChI=1S/C17H15BrN2O4/c1-17(2)13(10-18)16(19-8-4-3-5-15(19)21)12-9-11(20(22)23)6-7-14(12)24-17/h3-9H,10H2,1-2H3. The van der Waals surface area contributed by atoms with Gasteiger partial charge < -0.3 is 4.74 Å². The summed E-state index contributed by atoms with van der Waals surface area (Å²) in [6.07, 6.45) is 1.66. The molecular formula is C17H15BrN2O4. The third-order valence-corrected chi connectivity index (χ3v) is 4.56. The van der Waals surface area contributed by atoms with Gasteiger partial charge in [-0.15, -0.1) is 0 Å². The SMILES string of the molecule is CC1(C)Oc2ccc([N+](=O)[O-])cc2C(n2ccccc2=O)=C1CBr. The summed E-state index contributed by atoms with van der Waals surface area (Å²) in [6.45, 7) is 3.81. The monoisotopic (exact) mass is 390 g/mol. The van der Waals surface area contributed by atoms with Crippen molar-refractivity contribution in [3.63, 3.8) is 0 Å². The average Bonchev–Trinajstić information content (AvgIpc) is 2.53. The van der Waals surface area contributed by atoms with Crippen LogP contribution in [0.25, 0.3) is 5.70 Å². The maximum absolute atomic E-state index is 12.4. The van der Waals surface area contributed by atoms with E-state index in [4.69, 9.17) is 4.74 Å². The Morgan fingerprint density at radius 2 is 2.04 bits per heavy atom. The smallest absolute Gasteiger partial charge is 0.270 e. The first-order valence-corrected chi connectivity index (χ1v) is 8.43. The van der Waals surface area contributed by atoms with Crippen LogP contribution in [0.5, 0.6) is 5.75 Å². The summed E-state index contributed by atoms with van der Waals surface area (Å²) >= 11 is 3.46. The predicted molar refractivity (Wildman–Crippen MR) is 94.6 cm³/mol. The normalized spacial score (nSPS) is 15.6. The van der Waals surface area contributed by atoms with Gasteiger partial charge in [0.2, 0.25) is 0 Å². The lowest BCUT2D eigenvalue weighted by molar-refractivity contribution is -0.384. The van der Waals surface area contributed by atoms with E-state index in [1.807, 2.05) is 13.8 Å². The number of rotatable bonds is 3. The average molecular weight is 391 g/mol. The first-order chi connectivity index (χ1) is 11.3. The van der Waals surface area contributed by atoms with Crippen LogP contribution >= 0.6 is 15.9 Å². The molecule has 0 saturated heterocycles. The quantitative estimate of drug-likeness (QED) is 0.456. The van der Waals surface area contributed by atoms with Crippen LogP contribution < -0.4 is 10.3 Å². The van der Waals surface area contributed by atoms with Gasteiger partial charge in [-0.2, -0.15) is 0 Å². The number of non-ortho nitro benzene ring substituents is 1. The molecule has 0 atom stereocenters. The predicted octanol–water partition coefficient (Wildman–Crippen LogP) is 3.58. The third kappa shape index (κ3) is 2.65. The Morgan fingerprint density at radius 3 is 2.67 bits per heavy atom. The summed E-state index contributed by atoms with van der Waals surface area (Å²) in [5.74, 6) is 0.515. The van der Waals surface area contributed by atoms with Crippen molar-refractivity contribution in [3.05, 3.63) is 74.2 Å². The highest BCUT2D eigenvalue weighted by Crippen LogP contribution is 2.42. The minimum Gasteiger partial charge on any atom is -0.483 e. The molecule has 124 valence electrons. The number of aromatic nitrogens is 1. The van der Waals surface area contributed by atoms with Gasteiger partial charge in [-0.25, -0.2) is 0 Å². The largest absolute Gasteiger partial charge is 0.483 e. The molecule has 0 spiro atoms. The minimum atomic E-state index is -0.656. The number of ether oxygens (including phenoxy) is 1. The van der Waals surface area contributed by atoms with Crippen molar-refractivity contribution >= 4 is 27.3 Å². The van der Waals surface area contributed by atoms with Crippen molar-refractivity contribution in [3.8, 4) is 5.75 Å². The Kier molecular flexibility index (Phi) is 4.04. The molecule has 2 aromatic rings. The number of hydrogen-bond donors (Lipinski definition) is 0. The molecule has 1 aromatic carbocycles. The van der Waals surface area contributed by atoms with E-state index in [1.165, 1.54) is 22.8 Å². The molecule has 0 N–H and O–H groups in total. The van der Waals surface area contributed by atoms with Crippen molar-refractivity contribution < 1.29 is 9.66 Å². The van der Waals surface area contributed by atoms with E-state index >= 15 is 0 Å². The van der Waals surface area contributed by atoms with Gasteiger partial charge in [0.15, 0.2) is 0 Å². The Morgan fingerprint density at radius 1 is 1.29 bits per heavy atom. The van der Waals surface area contributed by atoms with E-state index in [2.05, 4.69) is 15.9 Å². The highest BCUT2D eigenvalue weighted by atomic mass is 79.9. The number of halogens is 1. The lowest BCUT2D eigenvalue weighted by Gasteiger charge is -2.36. The van der Waals surface area contributed by atoms with E-state index < -0.39 is 10.5 Å². The van der Waals surface area contributed by atoms with Crippen LogP contribution in [0.3, 0.4) is 0 Å². The third-order valence-electron chi connectivity index (χ3n) is 4.00. The zero-order valence-corrected chi connectivity index (χ0v) is 14.7. The van der Waals surface area contributed by atoms with Crippen LogP contribution in [0.2, 0.25) is 0 Å². The lowest BCUT2D eigenvalue weighted by Crippen LogP contribution is -2.38. The van der Waals surface area contributed by atoms with Crippen LogP contribution in [-0.4, -0.2) is 20.4 Å². The second-order valence-electron chi connectivity index (χ2n) is 5.92. The molecule has 0 fully saturated rings. The number of fused-ring (bicyclic) bond motifs is 1. The summed E-state index contributed by atoms with van der Waals surface area (Å²) < 4.78 is 7.53. The number of alkyl halides is 1. The number of pyridine rings is 1. The number of nitro benzene ring substituents is 1. The van der Waals surface area contributed by atoms with Gasteiger partial charge in [0.25, 0.3) is 11.2 Å². The highest BCUT2D eigenvalue weighted by molar-refractivity contribution is 9.09. The fourth-order valence-corrected chi connectivity index (χ4v) is 3.74. The van der Waals surface area contributed by atoms with Crippen LogP contribution in [0, 0.1) is 10.1 Å². The van der Waals surface area contributed by atoms with Crippen LogP contribution in [0.15, 0.2) is 53.0 Å². The summed E-state index contributed by atoms with van der Waals surface area (Å²) in [6, 6.07) is 9.29. The Labute approximate surface area is 146 Å². The Balaban J connectivity index is 2.39. The molecule has 1 aromatic heterocycles. The molecule has 0 aliphatic carbocycles. The maximum atomic E-state index is 12.4. The van der Waals surface area contributed by atoms with E-state index in [9.17, 15) is 14.9 Å². The Hall–Kier alpha value is -2.41. The second-order valence-corrected chi connectivity index (χ2v) is 6.48. The van der Waals surface area contributed by atoms with Crippen LogP contribution in [-0.2, 0) is 0 Å². The van der Waals surface area contributed by atoms with Crippen molar-refractivity contribution in [2.75, 3.05) is 5.33 Å². The first kappa shape index (κ1) is 16.4. The second kappa shape index (κ2) is 5.90. The molecule has 2 heterocycles. The number of nitro groups is 1. The van der Waals surface area contributed by atoms with Gasteiger partial charge in [0, 0.05) is 40.9 Å². The van der Waals surface area contributed by atoms with Crippen LogP contribution in [0.4, 0.5) is 5.69 Å². The van der Waals surface area contributed by atoms with Crippen molar-refractivity contribution in [2.24, 2.45) is 0 Å². The van der Waals surface area contributed by atoms with Gasteiger partial charge in [0.05, 0.1) is 10.6 Å². The molecule has 0 amide bonds. The minimum absolute atomic E-state index is 0.0486. The highest BCUT2D eigenvalue weighted by Gasteiger charge is 2.36. The van der Waals surface area contributed by atoms with E-state index in [-0.39, 0.29) is 11.2 Å². The Bertz CT molecular complexity index is 915. The molecule has 0 bridgehead atoms. The number of hydrogen-bond acceptors (Lipinski definition) is 4. The molecule has 0 radical (unpaired) electrons. The summed E-state index contributed by atoms with van der Waals surface area (Å²) in [7, 11) is 0. The van der Waals surface area contributed by atoms with Gasteiger partial charge in [-0.05, 0) is 26.0 Å². The van der Waals surface area contributed by atoms with E-state index in [0.717, 1.165) is 5.57 Å². The maximum Gasteiger partial charge on any atom is 0.270 e. The molecule has 6 nitrogen and oxygen atoms in total. The molecule has 0 saturated carbocycles. The fourth-order valence-electron chi connectivity index (χ4n) is 2.80. The first-order valence-electron chi connectivity index (χ1n) is 7.30. The summed E-state index contributed by atoms with van der Waals surface area (Å²) in [4.78, 5) is 23.0. The lowest BCUT2D eigenvalue weighted by atomic mass is 9.90. The van der Waals surface area contributed by atoms with Crippen molar-refractivity contribution in [1.82, 2.24) is 4.57 Å². The summed E-state index contributed by atoms with van der Waals surface area (Å²) in [5, 5.41) is 11.6. The zero-order chi connectivity index (χ0) is 17.5. The van der Waals surface area contributed by atoms with Crippen molar-refractivity contribution in [1.29, 1.82) is 0 Å². The summed E-state index contributed by atoms with van der Waals surface area (Å²) in [5.41, 5.74) is 1.08. The molecule has 7 heteroatoms. The van der Waals surface area contributed by atoms with Crippen molar-refractivity contribution in [2.45, 2.75) is 19.4 Å². The van der Waals surface area contributed by atoms with Gasteiger partial charge in [-0.3, -0.25) is 19.5 Å². The van der Waals surface area contributed by atoms with Gasteiger partial charge in [0.1, 0.15) is 11.4 Å². The van der Waals surface area contributed by atoms with Gasteiger partial charge >= 0.3 is 0 Å². The van der Waals surface area contributed by atoms with Crippen LogP contribution in [0.1, 0.15) is 19.4 Å². The molecule has 1 aliphatic rings.